The van der Waals surface area contributed by atoms with E-state index in [-0.39, 0.29) is 49.3 Å². The van der Waals surface area contributed by atoms with Crippen molar-refractivity contribution in [1.82, 2.24) is 19.7 Å². The number of nitrogens with one attached hydrogen (secondary N) is 1. The Morgan fingerprint density at radius 3 is 2.71 bits per heavy atom. The van der Waals surface area contributed by atoms with Gasteiger partial charge in [-0.05, 0) is 48.9 Å². The maximum Gasteiger partial charge on any atom is 0.320 e. The number of likely N-dealkylation sites (tertiary alicyclic amines) is 2. The molecule has 0 aliphatic carbocycles. The third-order valence-electron chi connectivity index (χ3n) is 7.41. The molecule has 8 nitrogen and oxygen atoms in total. The maximum absolute atomic E-state index is 13.2. The van der Waals surface area contributed by atoms with Crippen molar-refractivity contribution in [3.63, 3.8) is 0 Å². The molecular weight excluding hydrogens is 479 g/mol. The summed E-state index contributed by atoms with van der Waals surface area (Å²) in [6, 6.07) is 5.52. The predicted octanol–water partition coefficient (Wildman–Crippen LogP) is 2.96. The third-order valence-corrected chi connectivity index (χ3v) is 8.00. The number of benzene rings is 1. The van der Waals surface area contributed by atoms with Gasteiger partial charge in [0.15, 0.2) is 0 Å². The van der Waals surface area contributed by atoms with Crippen LogP contribution in [0.4, 0.5) is 4.79 Å². The second kappa shape index (κ2) is 9.93. The van der Waals surface area contributed by atoms with E-state index >= 15 is 0 Å². The van der Waals surface area contributed by atoms with Crippen LogP contribution in [0.1, 0.15) is 36.8 Å². The van der Waals surface area contributed by atoms with Crippen molar-refractivity contribution in [3.05, 3.63) is 35.0 Å². The minimum Gasteiger partial charge on any atom is -0.394 e. The van der Waals surface area contributed by atoms with Crippen molar-refractivity contribution in [3.8, 4) is 0 Å². The van der Waals surface area contributed by atoms with Gasteiger partial charge in [0, 0.05) is 54.2 Å². The van der Waals surface area contributed by atoms with Crippen molar-refractivity contribution in [1.29, 1.82) is 0 Å². The van der Waals surface area contributed by atoms with Crippen LogP contribution in [0.15, 0.2) is 24.4 Å². The number of carbonyl (C=O) groups is 2. The summed E-state index contributed by atoms with van der Waals surface area (Å²) in [5.74, 6) is 0.490. The normalized spacial score (nSPS) is 24.7. The molecule has 3 aliphatic heterocycles. The smallest absolute Gasteiger partial charge is 0.320 e. The Balaban J connectivity index is 1.28. The van der Waals surface area contributed by atoms with E-state index in [9.17, 15) is 14.7 Å². The number of halogens is 2. The number of amides is 3. The Morgan fingerprint density at radius 1 is 1.21 bits per heavy atom. The molecule has 0 radical (unpaired) electrons. The van der Waals surface area contributed by atoms with Crippen molar-refractivity contribution >= 4 is 46.0 Å². The molecule has 3 fully saturated rings. The molecule has 1 unspecified atom stereocenters. The van der Waals surface area contributed by atoms with Crippen molar-refractivity contribution in [2.24, 2.45) is 0 Å². The Bertz CT molecular complexity index is 1060. The molecule has 5 rings (SSSR count). The van der Waals surface area contributed by atoms with Crippen LogP contribution in [0, 0.1) is 0 Å². The molecule has 34 heavy (non-hydrogen) atoms. The van der Waals surface area contributed by atoms with Gasteiger partial charge in [-0.2, -0.15) is 0 Å². The first-order valence-electron chi connectivity index (χ1n) is 11.9. The van der Waals surface area contributed by atoms with Gasteiger partial charge < -0.3 is 29.5 Å². The highest BCUT2D eigenvalue weighted by Gasteiger charge is 2.38. The molecule has 3 aliphatic rings. The van der Waals surface area contributed by atoms with E-state index in [1.54, 1.807) is 0 Å². The molecule has 184 valence electrons. The van der Waals surface area contributed by atoms with E-state index < -0.39 is 0 Å². The summed E-state index contributed by atoms with van der Waals surface area (Å²) in [4.78, 5) is 28.7. The van der Waals surface area contributed by atoms with E-state index in [2.05, 4.69) is 16.1 Å². The number of hydrogen-bond donors (Lipinski definition) is 2. The van der Waals surface area contributed by atoms with Gasteiger partial charge in [0.25, 0.3) is 0 Å². The average molecular weight is 509 g/mol. The lowest BCUT2D eigenvalue weighted by molar-refractivity contribution is -0.139. The van der Waals surface area contributed by atoms with Gasteiger partial charge in [-0.15, -0.1) is 11.6 Å². The third kappa shape index (κ3) is 4.49. The number of hydrogen-bond acceptors (Lipinski definition) is 4. The van der Waals surface area contributed by atoms with Gasteiger partial charge in [0.2, 0.25) is 5.91 Å². The number of morpholine rings is 1. The Kier molecular flexibility index (Phi) is 6.93. The van der Waals surface area contributed by atoms with Gasteiger partial charge in [0.1, 0.15) is 6.61 Å². The lowest BCUT2D eigenvalue weighted by atomic mass is 9.89. The average Bonchev–Trinajstić information content (AvgIpc) is 3.22. The van der Waals surface area contributed by atoms with E-state index in [1.807, 2.05) is 28.0 Å². The zero-order valence-corrected chi connectivity index (χ0v) is 20.5. The van der Waals surface area contributed by atoms with E-state index in [0.29, 0.717) is 37.1 Å². The molecule has 4 heterocycles. The highest BCUT2D eigenvalue weighted by molar-refractivity contribution is 6.31. The van der Waals surface area contributed by atoms with Gasteiger partial charge in [-0.3, -0.25) is 4.79 Å². The van der Waals surface area contributed by atoms with Crippen LogP contribution in [0.5, 0.6) is 0 Å². The zero-order valence-electron chi connectivity index (χ0n) is 19.0. The van der Waals surface area contributed by atoms with Crippen LogP contribution in [0.3, 0.4) is 0 Å². The standard InChI is InChI=1S/C24H30Cl2N4O4/c25-10-17(13-31)30-11-19(18-9-16(26)1-2-21(18)30)15-3-6-28(7-4-15)24(33)29-8-5-22-20(12-29)27-23(32)14-34-22/h1-2,9,11,15,17,20,22,31H,3-8,10,12-14H2,(H,27,32)/t17?,20-,22+/m1/s1. The second-order valence-corrected chi connectivity index (χ2v) is 10.2. The predicted molar refractivity (Wildman–Crippen MR) is 131 cm³/mol. The lowest BCUT2D eigenvalue weighted by Gasteiger charge is -2.43. The first kappa shape index (κ1) is 23.7. The minimum atomic E-state index is -0.201. The quantitative estimate of drug-likeness (QED) is 0.621. The summed E-state index contributed by atoms with van der Waals surface area (Å²) in [6.07, 6.45) is 4.53. The molecule has 3 atom stereocenters. The van der Waals surface area contributed by atoms with Crippen LogP contribution < -0.4 is 5.32 Å². The van der Waals surface area contributed by atoms with Crippen LogP contribution in [-0.2, 0) is 9.53 Å². The van der Waals surface area contributed by atoms with Gasteiger partial charge >= 0.3 is 6.03 Å². The van der Waals surface area contributed by atoms with Crippen molar-refractivity contribution in [2.75, 3.05) is 45.3 Å². The number of piperidine rings is 2. The number of alkyl halides is 1. The van der Waals surface area contributed by atoms with E-state index in [4.69, 9.17) is 27.9 Å². The van der Waals surface area contributed by atoms with Crippen LogP contribution in [0.25, 0.3) is 10.9 Å². The second-order valence-electron chi connectivity index (χ2n) is 9.45. The molecule has 0 spiro atoms. The Morgan fingerprint density at radius 2 is 1.97 bits per heavy atom. The van der Waals surface area contributed by atoms with Crippen LogP contribution >= 0.6 is 23.2 Å². The van der Waals surface area contributed by atoms with Crippen molar-refractivity contribution < 1.29 is 19.4 Å². The zero-order chi connectivity index (χ0) is 23.8. The number of nitrogens with zero attached hydrogens (tertiary/aromatic N) is 3. The van der Waals surface area contributed by atoms with E-state index in [0.717, 1.165) is 30.2 Å². The molecule has 0 bridgehead atoms. The SMILES string of the molecule is O=C1CO[C@H]2CCN(C(=O)N3CCC(c4cn(C(CO)CCl)c5ccc(Cl)cc45)CC3)C[C@H]2N1. The van der Waals surface area contributed by atoms with Gasteiger partial charge in [-0.1, -0.05) is 11.6 Å². The number of aliphatic hydroxyl groups is 1. The number of fused-ring (bicyclic) bond motifs is 2. The molecule has 1 aromatic carbocycles. The van der Waals surface area contributed by atoms with Crippen LogP contribution in [-0.4, -0.2) is 88.8 Å². The number of carbonyl (C=O) groups excluding carboxylic acids is 2. The summed E-state index contributed by atoms with van der Waals surface area (Å²) in [5, 5.41) is 14.5. The summed E-state index contributed by atoms with van der Waals surface area (Å²) >= 11 is 12.4. The highest BCUT2D eigenvalue weighted by atomic mass is 35.5. The van der Waals surface area contributed by atoms with Crippen molar-refractivity contribution in [2.45, 2.75) is 43.4 Å². The number of aromatic nitrogens is 1. The summed E-state index contributed by atoms with van der Waals surface area (Å²) in [7, 11) is 0. The lowest BCUT2D eigenvalue weighted by Crippen LogP contribution is -2.62. The fourth-order valence-electron chi connectivity index (χ4n) is 5.55. The minimum absolute atomic E-state index is 0.00707. The van der Waals surface area contributed by atoms with Crippen LogP contribution in [0.2, 0.25) is 5.02 Å². The van der Waals surface area contributed by atoms with Gasteiger partial charge in [-0.25, -0.2) is 4.79 Å². The Labute approximate surface area is 208 Å². The molecule has 2 aromatic rings. The summed E-state index contributed by atoms with van der Waals surface area (Å²) in [5.41, 5.74) is 2.20. The molecule has 2 N–H and O–H groups in total. The molecule has 1 aromatic heterocycles. The molecule has 10 heteroatoms. The maximum atomic E-state index is 13.2. The number of aliphatic hydroxyl groups excluding tert-OH is 1. The monoisotopic (exact) mass is 508 g/mol. The largest absolute Gasteiger partial charge is 0.394 e. The number of rotatable bonds is 4. The van der Waals surface area contributed by atoms with E-state index in [1.165, 1.54) is 5.56 Å². The molecule has 3 saturated heterocycles. The fraction of sp³-hybridized carbons (Fsp3) is 0.583. The number of urea groups is 1. The molecule has 3 amide bonds. The first-order valence-corrected chi connectivity index (χ1v) is 12.8. The Hall–Kier alpha value is -2.00. The molecular formula is C24H30Cl2N4O4. The highest BCUT2D eigenvalue weighted by Crippen LogP contribution is 2.37. The fourth-order valence-corrected chi connectivity index (χ4v) is 5.97. The van der Waals surface area contributed by atoms with Gasteiger partial charge in [0.05, 0.1) is 24.8 Å². The summed E-state index contributed by atoms with van der Waals surface area (Å²) < 4.78 is 7.66. The molecule has 0 saturated carbocycles. The topological polar surface area (TPSA) is 87.0 Å². The summed E-state index contributed by atoms with van der Waals surface area (Å²) in [6.45, 7) is 2.54. The number of ether oxygens (including phenoxy) is 1. The first-order chi connectivity index (χ1) is 16.5.